The molecular weight excluding hydrogens is 457 g/mol. The van der Waals surface area contributed by atoms with Crippen LogP contribution in [0.1, 0.15) is 40.6 Å². The van der Waals surface area contributed by atoms with Crippen molar-refractivity contribution in [2.24, 2.45) is 0 Å². The lowest BCUT2D eigenvalue weighted by Gasteiger charge is -2.13. The number of carbonyl (C=O) groups is 3. The third-order valence-corrected chi connectivity index (χ3v) is 4.24. The highest BCUT2D eigenvalue weighted by atomic mass is 19.4. The van der Waals surface area contributed by atoms with Crippen LogP contribution < -0.4 is 20.7 Å². The third-order valence-electron chi connectivity index (χ3n) is 4.24. The van der Waals surface area contributed by atoms with Crippen LogP contribution in [0, 0.1) is 0 Å². The molecule has 0 unspecified atom stereocenters. The summed E-state index contributed by atoms with van der Waals surface area (Å²) in [6.45, 7) is 4.19. The van der Waals surface area contributed by atoms with Gasteiger partial charge in [0, 0.05) is 25.6 Å². The predicted octanol–water partition coefficient (Wildman–Crippen LogP) is 1.77. The quantitative estimate of drug-likeness (QED) is 0.313. The lowest BCUT2D eigenvalue weighted by atomic mass is 10.1. The monoisotopic (exact) mass is 482 g/mol. The van der Waals surface area contributed by atoms with E-state index in [4.69, 9.17) is 4.74 Å². The highest BCUT2D eigenvalue weighted by Gasteiger charge is 2.28. The first-order valence-electron chi connectivity index (χ1n) is 10.3. The number of alkyl halides is 3. The first kappa shape index (κ1) is 26.4. The zero-order valence-corrected chi connectivity index (χ0v) is 18.4. The van der Waals surface area contributed by atoms with Crippen molar-refractivity contribution in [3.05, 3.63) is 48.3 Å². The smallest absolute Gasteiger partial charge is 0.405 e. The summed E-state index contributed by atoms with van der Waals surface area (Å²) in [6, 6.07) is 4.04. The summed E-state index contributed by atoms with van der Waals surface area (Å²) >= 11 is 0. The Morgan fingerprint density at radius 3 is 2.56 bits per heavy atom. The largest absolute Gasteiger partial charge is 0.491 e. The molecule has 0 aliphatic rings. The second-order valence-electron chi connectivity index (χ2n) is 7.05. The van der Waals surface area contributed by atoms with Gasteiger partial charge in [0.25, 0.3) is 11.8 Å². The van der Waals surface area contributed by atoms with E-state index in [2.05, 4.69) is 27.5 Å². The average Bonchev–Trinajstić information content (AvgIpc) is 3.27. The number of allylic oxidation sites excluding steroid dienone is 1. The van der Waals surface area contributed by atoms with Crippen LogP contribution in [0.15, 0.2) is 37.1 Å². The summed E-state index contributed by atoms with van der Waals surface area (Å²) in [6.07, 6.45) is -0.206. The fraction of sp³-hybridized carbons (Fsp3) is 0.381. The van der Waals surface area contributed by atoms with Crippen LogP contribution in [0.3, 0.4) is 0 Å². The molecule has 0 aliphatic carbocycles. The SMILES string of the molecule is C=CCCCOc1cc(C(=O)NCC(F)(F)F)ccc1-n1cc(C(=O)NCCNC(C)=O)nn1. The van der Waals surface area contributed by atoms with Gasteiger partial charge in [-0.1, -0.05) is 11.3 Å². The normalized spacial score (nSPS) is 10.9. The number of aromatic nitrogens is 3. The number of halogens is 3. The van der Waals surface area contributed by atoms with Crippen LogP contribution in [0.2, 0.25) is 0 Å². The molecule has 0 bridgehead atoms. The second kappa shape index (κ2) is 12.4. The maximum Gasteiger partial charge on any atom is 0.405 e. The number of carbonyl (C=O) groups excluding carboxylic acids is 3. The van der Waals surface area contributed by atoms with Crippen LogP contribution >= 0.6 is 0 Å². The average molecular weight is 482 g/mol. The standard InChI is InChI=1S/C21H25F3N6O4/c1-3-4-5-10-34-18-11-15(19(32)27-13-21(22,23)24)6-7-17(18)30-12-16(28-29-30)20(33)26-9-8-25-14(2)31/h3,6-7,11-12H,1,4-5,8-10,13H2,2H3,(H,25,31)(H,26,33)(H,27,32). The van der Waals surface area contributed by atoms with Crippen LogP contribution in [0.25, 0.3) is 5.69 Å². The summed E-state index contributed by atoms with van der Waals surface area (Å²) in [5.41, 5.74) is 0.283. The molecule has 184 valence electrons. The summed E-state index contributed by atoms with van der Waals surface area (Å²) in [4.78, 5) is 35.2. The van der Waals surface area contributed by atoms with E-state index in [1.165, 1.54) is 36.0 Å². The van der Waals surface area contributed by atoms with Gasteiger partial charge in [0.15, 0.2) is 5.69 Å². The molecule has 13 heteroatoms. The zero-order valence-electron chi connectivity index (χ0n) is 18.4. The number of ether oxygens (including phenoxy) is 1. The number of amides is 3. The molecule has 3 N–H and O–H groups in total. The number of nitrogens with zero attached hydrogens (tertiary/aromatic N) is 3. The fourth-order valence-corrected chi connectivity index (χ4v) is 2.64. The van der Waals surface area contributed by atoms with Gasteiger partial charge in [-0.3, -0.25) is 14.4 Å². The van der Waals surface area contributed by atoms with Gasteiger partial charge >= 0.3 is 6.18 Å². The van der Waals surface area contributed by atoms with Crippen molar-refractivity contribution in [1.29, 1.82) is 0 Å². The van der Waals surface area contributed by atoms with E-state index in [9.17, 15) is 27.6 Å². The molecule has 0 atom stereocenters. The van der Waals surface area contributed by atoms with Crippen molar-refractivity contribution in [1.82, 2.24) is 30.9 Å². The molecule has 0 aliphatic heterocycles. The molecule has 0 fully saturated rings. The fourth-order valence-electron chi connectivity index (χ4n) is 2.64. The van der Waals surface area contributed by atoms with Crippen molar-refractivity contribution in [3.63, 3.8) is 0 Å². The highest BCUT2D eigenvalue weighted by Crippen LogP contribution is 2.25. The topological polar surface area (TPSA) is 127 Å². The molecule has 1 aromatic carbocycles. The first-order chi connectivity index (χ1) is 16.1. The summed E-state index contributed by atoms with van der Waals surface area (Å²) in [5, 5.41) is 14.6. The Balaban J connectivity index is 2.19. The minimum atomic E-state index is -4.54. The number of hydrogen-bond donors (Lipinski definition) is 3. The lowest BCUT2D eigenvalue weighted by molar-refractivity contribution is -0.123. The van der Waals surface area contributed by atoms with Gasteiger partial charge in [-0.2, -0.15) is 13.2 Å². The van der Waals surface area contributed by atoms with E-state index in [0.29, 0.717) is 18.5 Å². The molecule has 3 amide bonds. The lowest BCUT2D eigenvalue weighted by Crippen LogP contribution is -2.33. The van der Waals surface area contributed by atoms with Crippen LogP contribution in [0.5, 0.6) is 5.75 Å². The summed E-state index contributed by atoms with van der Waals surface area (Å²) in [5.74, 6) is -1.49. The minimum Gasteiger partial charge on any atom is -0.491 e. The first-order valence-corrected chi connectivity index (χ1v) is 10.3. The van der Waals surface area contributed by atoms with Gasteiger partial charge in [-0.15, -0.1) is 11.7 Å². The molecule has 0 saturated heterocycles. The van der Waals surface area contributed by atoms with Crippen molar-refractivity contribution in [2.75, 3.05) is 26.2 Å². The van der Waals surface area contributed by atoms with Crippen molar-refractivity contribution < 1.29 is 32.3 Å². The Bertz CT molecular complexity index is 1020. The molecule has 1 aromatic heterocycles. The number of benzene rings is 1. The number of nitrogens with one attached hydrogen (secondary N) is 3. The summed E-state index contributed by atoms with van der Waals surface area (Å²) in [7, 11) is 0. The Morgan fingerprint density at radius 1 is 1.15 bits per heavy atom. The van der Waals surface area contributed by atoms with E-state index in [1.807, 2.05) is 0 Å². The molecule has 0 radical (unpaired) electrons. The highest BCUT2D eigenvalue weighted by molar-refractivity contribution is 5.95. The third kappa shape index (κ3) is 8.56. The summed E-state index contributed by atoms with van der Waals surface area (Å²) < 4.78 is 44.2. The van der Waals surface area contributed by atoms with E-state index in [1.54, 1.807) is 11.4 Å². The van der Waals surface area contributed by atoms with Crippen molar-refractivity contribution in [2.45, 2.75) is 25.9 Å². The molecule has 2 rings (SSSR count). The zero-order chi connectivity index (χ0) is 25.1. The molecule has 0 spiro atoms. The predicted molar refractivity (Wildman–Crippen MR) is 116 cm³/mol. The molecule has 2 aromatic rings. The van der Waals surface area contributed by atoms with Gasteiger partial charge in [0.1, 0.15) is 18.0 Å². The van der Waals surface area contributed by atoms with Gasteiger partial charge < -0.3 is 20.7 Å². The maximum atomic E-state index is 12.4. The Kier molecular flexibility index (Phi) is 9.59. The Labute approximate surface area is 193 Å². The van der Waals surface area contributed by atoms with E-state index >= 15 is 0 Å². The van der Waals surface area contributed by atoms with Crippen LogP contribution in [-0.4, -0.2) is 65.1 Å². The van der Waals surface area contributed by atoms with E-state index in [-0.39, 0.29) is 42.6 Å². The molecule has 1 heterocycles. The molecule has 0 saturated carbocycles. The maximum absolute atomic E-state index is 12.4. The molecule has 34 heavy (non-hydrogen) atoms. The van der Waals surface area contributed by atoms with Gasteiger partial charge in [-0.05, 0) is 31.0 Å². The minimum absolute atomic E-state index is 0.00701. The Hall–Kier alpha value is -3.90. The van der Waals surface area contributed by atoms with Crippen molar-refractivity contribution >= 4 is 17.7 Å². The number of hydrogen-bond acceptors (Lipinski definition) is 6. The number of unbranched alkanes of at least 4 members (excludes halogenated alkanes) is 1. The van der Waals surface area contributed by atoms with Crippen LogP contribution in [0.4, 0.5) is 13.2 Å². The second-order valence-corrected chi connectivity index (χ2v) is 7.05. The van der Waals surface area contributed by atoms with E-state index in [0.717, 1.165) is 0 Å². The van der Waals surface area contributed by atoms with Gasteiger partial charge in [0.2, 0.25) is 5.91 Å². The molecular formula is C21H25F3N6O4. The molecule has 10 nitrogen and oxygen atoms in total. The number of rotatable bonds is 12. The van der Waals surface area contributed by atoms with E-state index < -0.39 is 24.5 Å². The van der Waals surface area contributed by atoms with Gasteiger partial charge in [0.05, 0.1) is 12.8 Å². The van der Waals surface area contributed by atoms with Crippen LogP contribution in [-0.2, 0) is 4.79 Å². The van der Waals surface area contributed by atoms with Gasteiger partial charge in [-0.25, -0.2) is 4.68 Å². The van der Waals surface area contributed by atoms with Crippen molar-refractivity contribution in [3.8, 4) is 11.4 Å². The Morgan fingerprint density at radius 2 is 1.88 bits per heavy atom.